The van der Waals surface area contributed by atoms with Gasteiger partial charge >= 0.3 is 0 Å². The van der Waals surface area contributed by atoms with Crippen molar-refractivity contribution in [3.63, 3.8) is 0 Å². The highest BCUT2D eigenvalue weighted by Gasteiger charge is 2.23. The highest BCUT2D eigenvalue weighted by atomic mass is 32.1. The molecule has 0 atom stereocenters. The van der Waals surface area contributed by atoms with Crippen LogP contribution >= 0.6 is 11.3 Å². The second kappa shape index (κ2) is 9.01. The topological polar surface area (TPSA) is 47.4 Å². The van der Waals surface area contributed by atoms with Crippen molar-refractivity contribution in [1.82, 2.24) is 4.90 Å². The summed E-state index contributed by atoms with van der Waals surface area (Å²) in [7, 11) is 0. The van der Waals surface area contributed by atoms with E-state index in [-0.39, 0.29) is 5.91 Å². The number of likely N-dealkylation sites (tertiary alicyclic amines) is 1. The van der Waals surface area contributed by atoms with Crippen LogP contribution in [0.5, 0.6) is 0 Å². The zero-order chi connectivity index (χ0) is 19.3. The lowest BCUT2D eigenvalue weighted by Gasteiger charge is -2.30. The van der Waals surface area contributed by atoms with Crippen molar-refractivity contribution >= 4 is 28.6 Å². The number of piperidine rings is 1. The summed E-state index contributed by atoms with van der Waals surface area (Å²) in [6.07, 6.45) is 7.04. The number of anilines is 1. The number of carbonyl (C=O) groups excluding carboxylic acids is 1. The molecule has 1 aromatic heterocycles. The largest absolute Gasteiger partial charge is 0.311 e. The molecule has 4 nitrogen and oxygen atoms in total. The number of hydrogen-bond donors (Lipinski definition) is 1. The molecule has 1 saturated heterocycles. The Labute approximate surface area is 171 Å². The summed E-state index contributed by atoms with van der Waals surface area (Å²) >= 11 is 1.62. The van der Waals surface area contributed by atoms with Gasteiger partial charge in [0.25, 0.3) is 0 Å². The summed E-state index contributed by atoms with van der Waals surface area (Å²) in [5.41, 5.74) is 4.19. The molecule has 0 saturated carbocycles. The van der Waals surface area contributed by atoms with E-state index < -0.39 is 0 Å². The van der Waals surface area contributed by atoms with E-state index in [1.54, 1.807) is 11.3 Å². The van der Waals surface area contributed by atoms with Crippen LogP contribution in [0, 0.1) is 5.41 Å². The summed E-state index contributed by atoms with van der Waals surface area (Å²) in [5, 5.41) is 10.4. The van der Waals surface area contributed by atoms with Crippen molar-refractivity contribution in [2.24, 2.45) is 0 Å². The fourth-order valence-corrected chi connectivity index (χ4v) is 5.00. The van der Waals surface area contributed by atoms with Gasteiger partial charge in [-0.25, -0.2) is 0 Å². The van der Waals surface area contributed by atoms with Crippen molar-refractivity contribution < 1.29 is 4.79 Å². The van der Waals surface area contributed by atoms with E-state index in [0.717, 1.165) is 36.5 Å². The maximum Gasteiger partial charge on any atom is 0.227 e. The molecule has 28 heavy (non-hydrogen) atoms. The second-order valence-electron chi connectivity index (χ2n) is 7.90. The van der Waals surface area contributed by atoms with Crippen LogP contribution in [-0.2, 0) is 17.6 Å². The molecule has 0 spiro atoms. The Kier molecular flexibility index (Phi) is 6.23. The maximum absolute atomic E-state index is 12.7. The molecule has 2 aromatic rings. The summed E-state index contributed by atoms with van der Waals surface area (Å²) in [6, 6.07) is 10.5. The number of fused-ring (bicyclic) bond motifs is 1. The Bertz CT molecular complexity index is 824. The van der Waals surface area contributed by atoms with E-state index >= 15 is 0 Å². The molecule has 2 aliphatic heterocycles. The fourth-order valence-electron chi connectivity index (χ4n) is 4.32. The molecular formula is C23H29N3OS. The van der Waals surface area contributed by atoms with Crippen LogP contribution in [0.25, 0.3) is 0 Å². The summed E-state index contributed by atoms with van der Waals surface area (Å²) in [5.74, 6) is 0.259. The van der Waals surface area contributed by atoms with Crippen molar-refractivity contribution in [2.45, 2.75) is 44.9 Å². The molecular weight excluding hydrogens is 366 g/mol. The average molecular weight is 396 g/mol. The Morgan fingerprint density at radius 3 is 2.68 bits per heavy atom. The smallest absolute Gasteiger partial charge is 0.227 e. The quantitative estimate of drug-likeness (QED) is 0.732. The molecule has 1 N–H and O–H groups in total. The average Bonchev–Trinajstić information content (AvgIpc) is 3.20. The monoisotopic (exact) mass is 395 g/mol. The fraction of sp³-hybridized carbons (Fsp3) is 0.478. The van der Waals surface area contributed by atoms with Crippen molar-refractivity contribution in [2.75, 3.05) is 31.1 Å². The molecule has 5 heteroatoms. The van der Waals surface area contributed by atoms with Crippen LogP contribution in [0.2, 0.25) is 0 Å². The van der Waals surface area contributed by atoms with E-state index in [1.165, 1.54) is 43.5 Å². The predicted octanol–water partition coefficient (Wildman–Crippen LogP) is 4.51. The number of thiophene rings is 1. The number of hydrogen-bond acceptors (Lipinski definition) is 4. The van der Waals surface area contributed by atoms with Crippen LogP contribution in [0.4, 0.5) is 5.69 Å². The normalized spacial score (nSPS) is 18.0. The predicted molar refractivity (Wildman–Crippen MR) is 117 cm³/mol. The van der Waals surface area contributed by atoms with Crippen molar-refractivity contribution in [1.29, 1.82) is 5.41 Å². The van der Waals surface area contributed by atoms with Gasteiger partial charge in [-0.2, -0.15) is 0 Å². The number of carbonyl (C=O) groups is 1. The first-order valence-corrected chi connectivity index (χ1v) is 11.3. The molecule has 0 bridgehead atoms. The molecule has 3 heterocycles. The molecule has 0 aliphatic carbocycles. The molecule has 0 radical (unpaired) electrons. The zero-order valence-electron chi connectivity index (χ0n) is 16.5. The first kappa shape index (κ1) is 19.3. The Hall–Kier alpha value is -1.98. The van der Waals surface area contributed by atoms with Gasteiger partial charge in [0, 0.05) is 36.5 Å². The van der Waals surface area contributed by atoms with Gasteiger partial charge in [-0.15, -0.1) is 11.3 Å². The SMILES string of the molecule is N=C(Cc1ccc2c(c1)CCCC(=O)N2CCN1CCCCC1)c1cccs1. The van der Waals surface area contributed by atoms with Gasteiger partial charge in [0.15, 0.2) is 0 Å². The number of nitrogens with zero attached hydrogens (tertiary/aromatic N) is 2. The first-order chi connectivity index (χ1) is 13.7. The molecule has 1 aromatic carbocycles. The standard InChI is InChI=1S/C23H29N3OS/c24-20(22-7-5-15-28-22)17-18-9-10-21-19(16-18)6-4-8-23(27)26(21)14-13-25-11-2-1-3-12-25/h5,7,9-10,15-16,24H,1-4,6,8,11-14,17H2. The first-order valence-electron chi connectivity index (χ1n) is 10.5. The van der Waals surface area contributed by atoms with Gasteiger partial charge in [0.05, 0.1) is 5.71 Å². The molecule has 0 unspecified atom stereocenters. The van der Waals surface area contributed by atoms with Gasteiger partial charge in [0.1, 0.15) is 0 Å². The van der Waals surface area contributed by atoms with Gasteiger partial charge < -0.3 is 15.2 Å². The third-order valence-electron chi connectivity index (χ3n) is 5.86. The van der Waals surface area contributed by atoms with Gasteiger partial charge in [0.2, 0.25) is 5.91 Å². The molecule has 4 rings (SSSR count). The highest BCUT2D eigenvalue weighted by molar-refractivity contribution is 7.12. The molecule has 148 valence electrons. The Balaban J connectivity index is 1.49. The minimum atomic E-state index is 0.259. The lowest BCUT2D eigenvalue weighted by molar-refractivity contribution is -0.118. The maximum atomic E-state index is 12.7. The second-order valence-corrected chi connectivity index (χ2v) is 8.84. The number of amides is 1. The van der Waals surface area contributed by atoms with E-state index in [0.29, 0.717) is 18.6 Å². The Morgan fingerprint density at radius 1 is 1.04 bits per heavy atom. The summed E-state index contributed by atoms with van der Waals surface area (Å²) in [6.45, 7) is 4.09. The minimum absolute atomic E-state index is 0.259. The number of nitrogens with one attached hydrogen (secondary N) is 1. The Morgan fingerprint density at radius 2 is 1.89 bits per heavy atom. The third-order valence-corrected chi connectivity index (χ3v) is 6.79. The zero-order valence-corrected chi connectivity index (χ0v) is 17.3. The van der Waals surface area contributed by atoms with Crippen LogP contribution < -0.4 is 4.90 Å². The van der Waals surface area contributed by atoms with Gasteiger partial charge in [-0.1, -0.05) is 24.6 Å². The van der Waals surface area contributed by atoms with Crippen LogP contribution in [0.3, 0.4) is 0 Å². The van der Waals surface area contributed by atoms with Gasteiger partial charge in [-0.3, -0.25) is 4.79 Å². The van der Waals surface area contributed by atoms with Crippen molar-refractivity contribution in [3.8, 4) is 0 Å². The summed E-state index contributed by atoms with van der Waals surface area (Å²) < 4.78 is 0. The van der Waals surface area contributed by atoms with E-state index in [1.807, 2.05) is 22.4 Å². The van der Waals surface area contributed by atoms with Crippen LogP contribution in [0.15, 0.2) is 35.7 Å². The molecule has 2 aliphatic rings. The lowest BCUT2D eigenvalue weighted by Crippen LogP contribution is -2.40. The summed E-state index contributed by atoms with van der Waals surface area (Å²) in [4.78, 5) is 18.3. The van der Waals surface area contributed by atoms with Crippen LogP contribution in [-0.4, -0.2) is 42.7 Å². The van der Waals surface area contributed by atoms with Gasteiger partial charge in [-0.05, 0) is 67.4 Å². The third kappa shape index (κ3) is 4.53. The number of aryl methyl sites for hydroxylation is 1. The van der Waals surface area contributed by atoms with Crippen molar-refractivity contribution in [3.05, 3.63) is 51.7 Å². The minimum Gasteiger partial charge on any atom is -0.311 e. The molecule has 1 amide bonds. The lowest BCUT2D eigenvalue weighted by atomic mass is 10.0. The number of rotatable bonds is 6. The molecule has 1 fully saturated rings. The highest BCUT2D eigenvalue weighted by Crippen LogP contribution is 2.29. The van der Waals surface area contributed by atoms with E-state index in [2.05, 4.69) is 23.1 Å². The van der Waals surface area contributed by atoms with Crippen LogP contribution in [0.1, 0.15) is 48.1 Å². The number of benzene rings is 1. The van der Waals surface area contributed by atoms with E-state index in [4.69, 9.17) is 5.41 Å². The van der Waals surface area contributed by atoms with E-state index in [9.17, 15) is 4.79 Å².